The number of nitrogens with zero attached hydrogens (tertiary/aromatic N) is 4. The lowest BCUT2D eigenvalue weighted by Gasteiger charge is -2.19. The normalized spacial score (nSPS) is 22.1. The van der Waals surface area contributed by atoms with Crippen LogP contribution >= 0.6 is 11.6 Å². The Morgan fingerprint density at radius 2 is 1.80 bits per heavy atom. The number of aromatic nitrogens is 4. The van der Waals surface area contributed by atoms with E-state index in [1.54, 1.807) is 17.8 Å². The molecule has 4 atom stereocenters. The molecule has 3 rings (SSSR count). The summed E-state index contributed by atoms with van der Waals surface area (Å²) < 4.78 is 33.4. The van der Waals surface area contributed by atoms with Crippen molar-refractivity contribution in [2.45, 2.75) is 83.0 Å². The van der Waals surface area contributed by atoms with Gasteiger partial charge in [0.15, 0.2) is 17.0 Å². The molecule has 0 radical (unpaired) electrons. The van der Waals surface area contributed by atoms with Gasteiger partial charge in [0.05, 0.1) is 18.4 Å². The summed E-state index contributed by atoms with van der Waals surface area (Å²) in [6, 6.07) is -0.801. The van der Waals surface area contributed by atoms with E-state index < -0.39 is 36.4 Å². The van der Waals surface area contributed by atoms with Crippen LogP contribution in [-0.4, -0.2) is 77.2 Å². The molecule has 1 saturated carbocycles. The van der Waals surface area contributed by atoms with E-state index in [2.05, 4.69) is 39.4 Å². The molecule has 2 aromatic heterocycles. The Bertz CT molecular complexity index is 1030. The van der Waals surface area contributed by atoms with E-state index in [1.165, 1.54) is 0 Å². The van der Waals surface area contributed by atoms with Crippen LogP contribution in [0.5, 0.6) is 0 Å². The van der Waals surface area contributed by atoms with E-state index in [-0.39, 0.29) is 17.2 Å². The fraction of sp³-hybridized carbons (Fsp3) is 0.650. The van der Waals surface area contributed by atoms with Gasteiger partial charge < -0.3 is 30.5 Å². The fourth-order valence-corrected chi connectivity index (χ4v) is 3.82. The topological polar surface area (TPSA) is 162 Å². The number of carboxylic acid groups (broad SMARTS) is 1. The Morgan fingerprint density at radius 3 is 2.31 bits per heavy atom. The van der Waals surface area contributed by atoms with Gasteiger partial charge in [-0.25, -0.2) is 9.78 Å². The monoisotopic (exact) mass is 524 g/mol. The summed E-state index contributed by atoms with van der Waals surface area (Å²) in [6.07, 6.45) is -3.14. The summed E-state index contributed by atoms with van der Waals surface area (Å²) in [5, 5.41) is 34.2. The van der Waals surface area contributed by atoms with Crippen LogP contribution in [0, 0.1) is 0 Å². The van der Waals surface area contributed by atoms with Crippen LogP contribution < -0.4 is 10.6 Å². The highest BCUT2D eigenvalue weighted by molar-refractivity contribution is 6.28. The largest absolute Gasteiger partial charge is 0.490 e. The summed E-state index contributed by atoms with van der Waals surface area (Å²) in [5.74, 6) is -2.38. The van der Waals surface area contributed by atoms with Crippen LogP contribution in [-0.2, 0) is 9.59 Å². The van der Waals surface area contributed by atoms with Crippen molar-refractivity contribution in [1.29, 1.82) is 0 Å². The molecule has 1 aliphatic rings. The first-order valence-corrected chi connectivity index (χ1v) is 11.3. The number of anilines is 1. The third kappa shape index (κ3) is 6.92. The zero-order valence-electron chi connectivity index (χ0n) is 19.3. The number of hydrogen-bond donors (Lipinski definition) is 5. The lowest BCUT2D eigenvalue weighted by molar-refractivity contribution is -0.192. The molecule has 0 saturated heterocycles. The second kappa shape index (κ2) is 11.8. The van der Waals surface area contributed by atoms with Crippen molar-refractivity contribution < 1.29 is 38.1 Å². The number of carbonyl (C=O) groups excluding carboxylic acids is 1. The number of carboxylic acids is 1. The predicted molar refractivity (Wildman–Crippen MR) is 120 cm³/mol. The molecule has 1 aliphatic carbocycles. The smallest absolute Gasteiger partial charge is 0.475 e. The van der Waals surface area contributed by atoms with Crippen molar-refractivity contribution in [3.63, 3.8) is 0 Å². The van der Waals surface area contributed by atoms with Gasteiger partial charge in [-0.1, -0.05) is 20.8 Å². The quantitative estimate of drug-likeness (QED) is 0.342. The summed E-state index contributed by atoms with van der Waals surface area (Å²) in [6.45, 7) is 5.91. The van der Waals surface area contributed by atoms with Crippen molar-refractivity contribution in [3.05, 3.63) is 11.6 Å². The van der Waals surface area contributed by atoms with E-state index in [0.29, 0.717) is 29.8 Å². The van der Waals surface area contributed by atoms with Gasteiger partial charge in [0.1, 0.15) is 12.2 Å². The van der Waals surface area contributed by atoms with Gasteiger partial charge >= 0.3 is 12.1 Å². The van der Waals surface area contributed by atoms with Crippen LogP contribution in [0.2, 0.25) is 5.28 Å². The maximum atomic E-state index is 11.7. The van der Waals surface area contributed by atoms with Gasteiger partial charge in [-0.05, 0) is 30.9 Å². The van der Waals surface area contributed by atoms with Gasteiger partial charge in [0.25, 0.3) is 0 Å². The van der Waals surface area contributed by atoms with Gasteiger partial charge in [0.2, 0.25) is 11.2 Å². The second-order valence-corrected chi connectivity index (χ2v) is 8.28. The molecule has 0 bridgehead atoms. The van der Waals surface area contributed by atoms with Crippen LogP contribution in [0.25, 0.3) is 11.2 Å². The zero-order valence-corrected chi connectivity index (χ0v) is 20.0. The number of rotatable bonds is 7. The van der Waals surface area contributed by atoms with E-state index in [4.69, 9.17) is 21.5 Å². The third-order valence-corrected chi connectivity index (χ3v) is 5.81. The van der Waals surface area contributed by atoms with Crippen molar-refractivity contribution in [3.8, 4) is 0 Å². The number of fused-ring (bicyclic) bond motifs is 1. The number of nitrogens with one attached hydrogen (secondary N) is 2. The Hall–Kier alpha value is -2.71. The van der Waals surface area contributed by atoms with Gasteiger partial charge in [-0.15, -0.1) is 0 Å². The minimum Gasteiger partial charge on any atom is -0.475 e. The Balaban J connectivity index is 0.000000540. The maximum absolute atomic E-state index is 11.7. The Labute approximate surface area is 203 Å². The molecule has 5 N–H and O–H groups in total. The number of hydrogen-bond acceptors (Lipinski definition) is 8. The van der Waals surface area contributed by atoms with E-state index >= 15 is 0 Å². The first-order chi connectivity index (χ1) is 16.3. The van der Waals surface area contributed by atoms with Gasteiger partial charge in [-0.3, -0.25) is 4.79 Å². The van der Waals surface area contributed by atoms with Crippen LogP contribution in [0.1, 0.15) is 52.5 Å². The SMILES string of the molecule is CCC(=O)N[C@H]1C[C@@H](n2cnc3c(NC(CC)CC)nc(Cl)nc32)[C@H](O)[C@@H]1O.O=C(O)C(F)(F)F. The van der Waals surface area contributed by atoms with E-state index in [0.717, 1.165) is 12.8 Å². The number of aliphatic carboxylic acids is 1. The molecule has 1 fully saturated rings. The molecule has 0 aromatic carbocycles. The number of aliphatic hydroxyl groups excluding tert-OH is 2. The highest BCUT2D eigenvalue weighted by atomic mass is 35.5. The highest BCUT2D eigenvalue weighted by Gasteiger charge is 2.43. The van der Waals surface area contributed by atoms with Crippen LogP contribution in [0.4, 0.5) is 19.0 Å². The number of halogens is 4. The summed E-state index contributed by atoms with van der Waals surface area (Å²) in [7, 11) is 0. The minimum absolute atomic E-state index is 0.0755. The molecule has 2 aromatic rings. The second-order valence-electron chi connectivity index (χ2n) is 7.94. The van der Waals surface area contributed by atoms with Crippen molar-refractivity contribution >= 4 is 40.5 Å². The number of aliphatic hydroxyl groups is 2. The van der Waals surface area contributed by atoms with Crippen LogP contribution in [0.3, 0.4) is 0 Å². The highest BCUT2D eigenvalue weighted by Crippen LogP contribution is 2.34. The van der Waals surface area contributed by atoms with Crippen LogP contribution in [0.15, 0.2) is 6.33 Å². The summed E-state index contributed by atoms with van der Waals surface area (Å²) in [4.78, 5) is 33.6. The molecule has 15 heteroatoms. The lowest BCUT2D eigenvalue weighted by atomic mass is 10.2. The predicted octanol–water partition coefficient (Wildman–Crippen LogP) is 2.27. The molecule has 0 spiro atoms. The van der Waals surface area contributed by atoms with Crippen molar-refractivity contribution in [2.75, 3.05) is 5.32 Å². The lowest BCUT2D eigenvalue weighted by Crippen LogP contribution is -2.42. The molecule has 11 nitrogen and oxygen atoms in total. The number of carbonyl (C=O) groups is 2. The molecular weight excluding hydrogens is 497 g/mol. The first-order valence-electron chi connectivity index (χ1n) is 11.0. The van der Waals surface area contributed by atoms with Crippen molar-refractivity contribution in [1.82, 2.24) is 24.8 Å². The van der Waals surface area contributed by atoms with Crippen molar-refractivity contribution in [2.24, 2.45) is 0 Å². The maximum Gasteiger partial charge on any atom is 0.490 e. The fourth-order valence-electron chi connectivity index (χ4n) is 3.66. The summed E-state index contributed by atoms with van der Waals surface area (Å²) in [5.41, 5.74) is 1.03. The number of amides is 1. The Kier molecular flexibility index (Phi) is 9.63. The molecule has 1 amide bonds. The molecule has 196 valence electrons. The number of imidazole rings is 1. The third-order valence-electron chi connectivity index (χ3n) is 5.64. The number of alkyl halides is 3. The standard InChI is InChI=1S/C18H27ClN6O3.C2HF3O2/c1-4-9(5-2)21-16-13-17(24-18(19)23-16)25(8-20-13)11-7-10(14(27)15(11)28)22-12(26)6-3;3-2(4,5)1(6)7/h8-11,14-15,27-28H,4-7H2,1-3H3,(H,22,26)(H,21,23,24);(H,6,7)/t10-,11+,14+,15-;/m0./s1. The average molecular weight is 525 g/mol. The molecule has 2 heterocycles. The first kappa shape index (κ1) is 28.5. The molecule has 35 heavy (non-hydrogen) atoms. The minimum atomic E-state index is -5.08. The van der Waals surface area contributed by atoms with E-state index in [1.807, 2.05) is 0 Å². The molecule has 0 aliphatic heterocycles. The van der Waals surface area contributed by atoms with E-state index in [9.17, 15) is 28.2 Å². The zero-order chi connectivity index (χ0) is 26.5. The van der Waals surface area contributed by atoms with Gasteiger partial charge in [-0.2, -0.15) is 23.1 Å². The average Bonchev–Trinajstić information content (AvgIpc) is 3.33. The Morgan fingerprint density at radius 1 is 1.20 bits per heavy atom. The molecule has 0 unspecified atom stereocenters. The van der Waals surface area contributed by atoms with Gasteiger partial charge in [0, 0.05) is 12.5 Å². The molecular formula is C20H28ClF3N6O5. The summed E-state index contributed by atoms with van der Waals surface area (Å²) >= 11 is 6.14.